The van der Waals surface area contributed by atoms with Gasteiger partial charge in [0.15, 0.2) is 0 Å². The lowest BCUT2D eigenvalue weighted by Gasteiger charge is -2.25. The van der Waals surface area contributed by atoms with Crippen LogP contribution in [0.3, 0.4) is 0 Å². The molecule has 1 heterocycles. The quantitative estimate of drug-likeness (QED) is 0.707. The van der Waals surface area contributed by atoms with Crippen LogP contribution in [0.1, 0.15) is 33.1 Å². The summed E-state index contributed by atoms with van der Waals surface area (Å²) >= 11 is 0. The van der Waals surface area contributed by atoms with E-state index in [2.05, 4.69) is 10.6 Å². The molecule has 0 aromatic rings. The zero-order valence-corrected chi connectivity index (χ0v) is 9.71. The van der Waals surface area contributed by atoms with Crippen molar-refractivity contribution in [3.05, 3.63) is 0 Å². The van der Waals surface area contributed by atoms with Gasteiger partial charge in [-0.1, -0.05) is 6.92 Å². The predicted octanol–water partition coefficient (Wildman–Crippen LogP) is 0.670. The number of carbonyl (C=O) groups is 1. The van der Waals surface area contributed by atoms with E-state index in [1.807, 2.05) is 13.8 Å². The second-order valence-corrected chi connectivity index (χ2v) is 4.04. The Kier molecular flexibility index (Phi) is 5.65. The molecule has 4 heteroatoms. The maximum atomic E-state index is 11.5. The Morgan fingerprint density at radius 1 is 1.67 bits per heavy atom. The lowest BCUT2D eigenvalue weighted by Crippen LogP contribution is -2.42. The third-order valence-electron chi connectivity index (χ3n) is 2.57. The van der Waals surface area contributed by atoms with Crippen molar-refractivity contribution in [2.75, 3.05) is 19.6 Å². The standard InChI is InChI=1S/C11H22N2O2/c1-3-6-13-11(14)9(2)15-10-5-4-7-12-8-10/h9-10,12H,3-8H2,1-2H3,(H,13,14). The molecule has 1 aliphatic rings. The fourth-order valence-electron chi connectivity index (χ4n) is 1.68. The zero-order valence-electron chi connectivity index (χ0n) is 9.71. The fraction of sp³-hybridized carbons (Fsp3) is 0.909. The van der Waals surface area contributed by atoms with Crippen molar-refractivity contribution >= 4 is 5.91 Å². The Balaban J connectivity index is 2.20. The molecule has 2 unspecified atom stereocenters. The van der Waals surface area contributed by atoms with Crippen LogP contribution in [0.5, 0.6) is 0 Å². The van der Waals surface area contributed by atoms with Crippen molar-refractivity contribution in [1.29, 1.82) is 0 Å². The first-order chi connectivity index (χ1) is 7.24. The molecule has 0 saturated carbocycles. The molecular formula is C11H22N2O2. The van der Waals surface area contributed by atoms with E-state index < -0.39 is 0 Å². The molecule has 0 radical (unpaired) electrons. The number of rotatable bonds is 5. The average Bonchev–Trinajstić information content (AvgIpc) is 2.27. The highest BCUT2D eigenvalue weighted by molar-refractivity contribution is 5.80. The third-order valence-corrected chi connectivity index (χ3v) is 2.57. The normalized spacial score (nSPS) is 23.5. The Hall–Kier alpha value is -0.610. The molecule has 0 aromatic carbocycles. The molecule has 4 nitrogen and oxygen atoms in total. The van der Waals surface area contributed by atoms with Crippen molar-refractivity contribution in [3.63, 3.8) is 0 Å². The van der Waals surface area contributed by atoms with Crippen molar-refractivity contribution in [2.45, 2.75) is 45.3 Å². The highest BCUT2D eigenvalue weighted by Gasteiger charge is 2.20. The van der Waals surface area contributed by atoms with Crippen LogP contribution in [0.2, 0.25) is 0 Å². The summed E-state index contributed by atoms with van der Waals surface area (Å²) in [5, 5.41) is 6.10. The van der Waals surface area contributed by atoms with E-state index in [0.717, 1.165) is 38.9 Å². The van der Waals surface area contributed by atoms with Crippen LogP contribution in [-0.4, -0.2) is 37.7 Å². The average molecular weight is 214 g/mol. The number of carbonyl (C=O) groups excluding carboxylic acids is 1. The molecule has 1 saturated heterocycles. The number of piperidine rings is 1. The Morgan fingerprint density at radius 3 is 3.07 bits per heavy atom. The number of ether oxygens (including phenoxy) is 1. The van der Waals surface area contributed by atoms with Crippen LogP contribution in [0.15, 0.2) is 0 Å². The SMILES string of the molecule is CCCNC(=O)C(C)OC1CCCNC1. The minimum Gasteiger partial charge on any atom is -0.364 e. The zero-order chi connectivity index (χ0) is 11.1. The van der Waals surface area contributed by atoms with Crippen LogP contribution in [0, 0.1) is 0 Å². The molecule has 1 fully saturated rings. The van der Waals surface area contributed by atoms with E-state index in [4.69, 9.17) is 4.74 Å². The summed E-state index contributed by atoms with van der Waals surface area (Å²) in [5.41, 5.74) is 0. The molecule has 88 valence electrons. The van der Waals surface area contributed by atoms with Gasteiger partial charge in [0.1, 0.15) is 6.10 Å². The van der Waals surface area contributed by atoms with E-state index in [0.29, 0.717) is 0 Å². The van der Waals surface area contributed by atoms with Crippen molar-refractivity contribution in [1.82, 2.24) is 10.6 Å². The molecule has 15 heavy (non-hydrogen) atoms. The molecule has 1 rings (SSSR count). The summed E-state index contributed by atoms with van der Waals surface area (Å²) in [5.74, 6) is 0.00224. The summed E-state index contributed by atoms with van der Waals surface area (Å²) < 4.78 is 5.68. The Bertz CT molecular complexity index is 191. The molecule has 0 aromatic heterocycles. The van der Waals surface area contributed by atoms with Gasteiger partial charge in [0.05, 0.1) is 6.10 Å². The first-order valence-electron chi connectivity index (χ1n) is 5.88. The van der Waals surface area contributed by atoms with E-state index >= 15 is 0 Å². The summed E-state index contributed by atoms with van der Waals surface area (Å²) in [6, 6.07) is 0. The van der Waals surface area contributed by atoms with Crippen molar-refractivity contribution in [3.8, 4) is 0 Å². The highest BCUT2D eigenvalue weighted by atomic mass is 16.5. The van der Waals surface area contributed by atoms with Gasteiger partial charge in [0.2, 0.25) is 5.91 Å². The summed E-state index contributed by atoms with van der Waals surface area (Å²) in [6.07, 6.45) is 3.01. The van der Waals surface area contributed by atoms with E-state index in [1.54, 1.807) is 0 Å². The first kappa shape index (κ1) is 12.5. The van der Waals surface area contributed by atoms with Crippen LogP contribution in [0.4, 0.5) is 0 Å². The van der Waals surface area contributed by atoms with Crippen LogP contribution in [0.25, 0.3) is 0 Å². The van der Waals surface area contributed by atoms with Gasteiger partial charge in [-0.05, 0) is 32.7 Å². The lowest BCUT2D eigenvalue weighted by atomic mass is 10.1. The van der Waals surface area contributed by atoms with E-state index in [9.17, 15) is 4.79 Å². The molecule has 0 spiro atoms. The van der Waals surface area contributed by atoms with Gasteiger partial charge in [-0.25, -0.2) is 0 Å². The first-order valence-corrected chi connectivity index (χ1v) is 5.88. The number of amides is 1. The monoisotopic (exact) mass is 214 g/mol. The number of hydrogen-bond acceptors (Lipinski definition) is 3. The summed E-state index contributed by atoms with van der Waals surface area (Å²) in [7, 11) is 0. The molecule has 1 aliphatic heterocycles. The van der Waals surface area contributed by atoms with Crippen molar-refractivity contribution < 1.29 is 9.53 Å². The smallest absolute Gasteiger partial charge is 0.248 e. The van der Waals surface area contributed by atoms with E-state index in [-0.39, 0.29) is 18.1 Å². The molecule has 2 atom stereocenters. The summed E-state index contributed by atoms with van der Waals surface area (Å²) in [4.78, 5) is 11.5. The van der Waals surface area contributed by atoms with Gasteiger partial charge >= 0.3 is 0 Å². The maximum absolute atomic E-state index is 11.5. The maximum Gasteiger partial charge on any atom is 0.248 e. The highest BCUT2D eigenvalue weighted by Crippen LogP contribution is 2.08. The molecule has 2 N–H and O–H groups in total. The fourth-order valence-corrected chi connectivity index (χ4v) is 1.68. The molecule has 0 bridgehead atoms. The van der Waals surface area contributed by atoms with Gasteiger partial charge in [0.25, 0.3) is 0 Å². The van der Waals surface area contributed by atoms with Crippen molar-refractivity contribution in [2.24, 2.45) is 0 Å². The third kappa shape index (κ3) is 4.62. The van der Waals surface area contributed by atoms with Gasteiger partial charge in [0, 0.05) is 13.1 Å². The second-order valence-electron chi connectivity index (χ2n) is 4.04. The van der Waals surface area contributed by atoms with Gasteiger partial charge < -0.3 is 15.4 Å². The minimum atomic E-state index is -0.332. The van der Waals surface area contributed by atoms with Gasteiger partial charge in [-0.3, -0.25) is 4.79 Å². The Morgan fingerprint density at radius 2 is 2.47 bits per heavy atom. The van der Waals surface area contributed by atoms with Gasteiger partial charge in [-0.2, -0.15) is 0 Å². The summed E-state index contributed by atoms with van der Waals surface area (Å²) in [6.45, 7) is 6.52. The Labute approximate surface area is 91.8 Å². The predicted molar refractivity (Wildman–Crippen MR) is 59.7 cm³/mol. The molecular weight excluding hydrogens is 192 g/mol. The molecule has 0 aliphatic carbocycles. The minimum absolute atomic E-state index is 0.00224. The molecule has 1 amide bonds. The largest absolute Gasteiger partial charge is 0.364 e. The van der Waals surface area contributed by atoms with Crippen LogP contribution in [-0.2, 0) is 9.53 Å². The number of hydrogen-bond donors (Lipinski definition) is 2. The van der Waals surface area contributed by atoms with Gasteiger partial charge in [-0.15, -0.1) is 0 Å². The van der Waals surface area contributed by atoms with Crippen LogP contribution < -0.4 is 10.6 Å². The lowest BCUT2D eigenvalue weighted by molar-refractivity contribution is -0.135. The second kappa shape index (κ2) is 6.80. The van der Waals surface area contributed by atoms with Crippen LogP contribution >= 0.6 is 0 Å². The number of nitrogens with one attached hydrogen (secondary N) is 2. The van der Waals surface area contributed by atoms with E-state index in [1.165, 1.54) is 0 Å². The topological polar surface area (TPSA) is 50.4 Å².